The number of alkyl halides is 3. The lowest BCUT2D eigenvalue weighted by atomic mass is 9.80. The van der Waals surface area contributed by atoms with Gasteiger partial charge < -0.3 is 20.1 Å². The van der Waals surface area contributed by atoms with Crippen molar-refractivity contribution in [1.29, 1.82) is 0 Å². The van der Waals surface area contributed by atoms with Crippen LogP contribution in [0.1, 0.15) is 68.2 Å². The van der Waals surface area contributed by atoms with Gasteiger partial charge in [0.2, 0.25) is 5.91 Å². The summed E-state index contributed by atoms with van der Waals surface area (Å²) in [6.45, 7) is 3.75. The van der Waals surface area contributed by atoms with E-state index in [9.17, 15) is 23.1 Å². The minimum absolute atomic E-state index is 0.0478. The highest BCUT2D eigenvalue weighted by Gasteiger charge is 2.47. The molecule has 1 aliphatic carbocycles. The highest BCUT2D eigenvalue weighted by Crippen LogP contribution is 2.44. The van der Waals surface area contributed by atoms with E-state index >= 15 is 0 Å². The molecular weight excluding hydrogens is 409 g/mol. The Labute approximate surface area is 180 Å². The van der Waals surface area contributed by atoms with Crippen LogP contribution < -0.4 is 5.32 Å². The van der Waals surface area contributed by atoms with Crippen molar-refractivity contribution in [3.63, 3.8) is 0 Å². The van der Waals surface area contributed by atoms with Crippen LogP contribution in [0.15, 0.2) is 18.2 Å². The lowest BCUT2D eigenvalue weighted by molar-refractivity contribution is -0.145. The number of benzene rings is 1. The Hall–Kier alpha value is -1.64. The molecule has 3 atom stereocenters. The van der Waals surface area contributed by atoms with Crippen LogP contribution in [0.3, 0.4) is 0 Å². The number of hydrogen-bond acceptors (Lipinski definition) is 4. The van der Waals surface area contributed by atoms with Crippen molar-refractivity contribution >= 4 is 5.91 Å². The monoisotopic (exact) mass is 440 g/mol. The summed E-state index contributed by atoms with van der Waals surface area (Å²) in [4.78, 5) is 15.1. The summed E-state index contributed by atoms with van der Waals surface area (Å²) in [6.07, 6.45) is -0.415. The number of aliphatic hydroxyl groups is 1. The van der Waals surface area contributed by atoms with Crippen LogP contribution in [0.25, 0.3) is 0 Å². The van der Waals surface area contributed by atoms with Gasteiger partial charge in [0, 0.05) is 31.8 Å². The second-order valence-corrected chi connectivity index (χ2v) is 9.24. The summed E-state index contributed by atoms with van der Waals surface area (Å²) in [5.74, 6) is -0.0478. The third-order valence-electron chi connectivity index (χ3n) is 7.30. The molecule has 1 amide bonds. The quantitative estimate of drug-likeness (QED) is 0.748. The number of nitrogens with one attached hydrogen (secondary N) is 1. The van der Waals surface area contributed by atoms with Gasteiger partial charge in [-0.3, -0.25) is 4.79 Å². The number of hydrogen-bond donors (Lipinski definition) is 2. The molecule has 0 aromatic heterocycles. The molecule has 3 unspecified atom stereocenters. The van der Waals surface area contributed by atoms with Gasteiger partial charge in [0.15, 0.2) is 0 Å². The predicted molar refractivity (Wildman–Crippen MR) is 109 cm³/mol. The number of carbonyl (C=O) groups excluding carboxylic acids is 1. The summed E-state index contributed by atoms with van der Waals surface area (Å²) in [5.41, 5.74) is -0.419. The first-order valence-electron chi connectivity index (χ1n) is 11.2. The van der Waals surface area contributed by atoms with E-state index in [1.54, 1.807) is 4.90 Å². The number of ether oxygens (including phenoxy) is 1. The lowest BCUT2D eigenvalue weighted by Gasteiger charge is -2.39. The molecule has 172 valence electrons. The maximum atomic E-state index is 13.6. The molecule has 0 radical (unpaired) electrons. The molecule has 0 bridgehead atoms. The highest BCUT2D eigenvalue weighted by molar-refractivity contribution is 5.83. The fraction of sp³-hybridized carbons (Fsp3) is 0.696. The molecule has 2 heterocycles. The number of carbonyl (C=O) groups is 1. The number of fused-ring (bicyclic) bond motifs is 1. The van der Waals surface area contributed by atoms with Crippen LogP contribution >= 0.6 is 0 Å². The zero-order chi connectivity index (χ0) is 22.2. The second kappa shape index (κ2) is 8.71. The Bertz CT molecular complexity index is 810. The van der Waals surface area contributed by atoms with Crippen molar-refractivity contribution in [3.8, 4) is 0 Å². The molecule has 5 nitrogen and oxygen atoms in total. The van der Waals surface area contributed by atoms with E-state index in [1.807, 2.05) is 6.92 Å². The Morgan fingerprint density at radius 3 is 2.68 bits per heavy atom. The van der Waals surface area contributed by atoms with Crippen molar-refractivity contribution in [1.82, 2.24) is 10.2 Å². The molecule has 2 fully saturated rings. The fourth-order valence-electron chi connectivity index (χ4n) is 5.44. The van der Waals surface area contributed by atoms with Gasteiger partial charge in [-0.15, -0.1) is 0 Å². The lowest BCUT2D eigenvalue weighted by Crippen LogP contribution is -2.47. The number of halogens is 3. The number of rotatable bonds is 4. The highest BCUT2D eigenvalue weighted by atomic mass is 19.4. The van der Waals surface area contributed by atoms with Crippen molar-refractivity contribution in [3.05, 3.63) is 34.9 Å². The van der Waals surface area contributed by atoms with E-state index in [2.05, 4.69) is 5.32 Å². The molecule has 31 heavy (non-hydrogen) atoms. The van der Waals surface area contributed by atoms with Crippen LogP contribution in [-0.4, -0.2) is 47.8 Å². The molecular formula is C23H31F3N2O3. The zero-order valence-corrected chi connectivity index (χ0v) is 17.9. The van der Waals surface area contributed by atoms with Crippen molar-refractivity contribution in [2.75, 3.05) is 19.8 Å². The SMILES string of the molecule is CCC1(C(=O)N2Cc3cc(C(F)(F)F)ccc3C(O)C2)CCC(NC2CCOCC2)C1. The minimum atomic E-state index is -4.45. The maximum absolute atomic E-state index is 13.6. The van der Waals surface area contributed by atoms with E-state index in [4.69, 9.17) is 4.74 Å². The molecule has 1 saturated heterocycles. The summed E-state index contributed by atoms with van der Waals surface area (Å²) in [5, 5.41) is 14.2. The topological polar surface area (TPSA) is 61.8 Å². The zero-order valence-electron chi connectivity index (χ0n) is 17.9. The first kappa shape index (κ1) is 22.6. The molecule has 2 aliphatic heterocycles. The Morgan fingerprint density at radius 1 is 1.26 bits per heavy atom. The van der Waals surface area contributed by atoms with Gasteiger partial charge in [0.1, 0.15) is 0 Å². The third kappa shape index (κ3) is 4.61. The van der Waals surface area contributed by atoms with Crippen molar-refractivity contribution in [2.45, 2.75) is 76.4 Å². The number of β-amino-alcohol motifs (C(OH)–C–C–N with tert-alkyl or cyclic N) is 1. The predicted octanol–water partition coefficient (Wildman–Crippen LogP) is 3.80. The van der Waals surface area contributed by atoms with Gasteiger partial charge in [-0.2, -0.15) is 13.2 Å². The molecule has 3 aliphatic rings. The average molecular weight is 441 g/mol. The van der Waals surface area contributed by atoms with E-state index in [1.165, 1.54) is 6.07 Å². The van der Waals surface area contributed by atoms with Gasteiger partial charge in [-0.1, -0.05) is 13.0 Å². The van der Waals surface area contributed by atoms with Gasteiger partial charge in [-0.05, 0) is 61.8 Å². The molecule has 0 spiro atoms. The molecule has 2 N–H and O–H groups in total. The first-order chi connectivity index (χ1) is 14.7. The maximum Gasteiger partial charge on any atom is 0.416 e. The van der Waals surface area contributed by atoms with E-state index < -0.39 is 23.3 Å². The largest absolute Gasteiger partial charge is 0.416 e. The molecule has 1 aromatic rings. The molecule has 8 heteroatoms. The molecule has 1 aromatic carbocycles. The van der Waals surface area contributed by atoms with Crippen LogP contribution in [0.5, 0.6) is 0 Å². The van der Waals surface area contributed by atoms with Crippen LogP contribution in [0.4, 0.5) is 13.2 Å². The first-order valence-corrected chi connectivity index (χ1v) is 11.2. The number of amides is 1. The normalized spacial score (nSPS) is 29.8. The summed E-state index contributed by atoms with van der Waals surface area (Å²) in [7, 11) is 0. The van der Waals surface area contributed by atoms with Crippen LogP contribution in [0, 0.1) is 5.41 Å². The van der Waals surface area contributed by atoms with Crippen molar-refractivity contribution in [2.24, 2.45) is 5.41 Å². The summed E-state index contributed by atoms with van der Waals surface area (Å²) >= 11 is 0. The van der Waals surface area contributed by atoms with Gasteiger partial charge in [0.25, 0.3) is 0 Å². The van der Waals surface area contributed by atoms with E-state index in [0.29, 0.717) is 23.6 Å². The van der Waals surface area contributed by atoms with Crippen LogP contribution in [-0.2, 0) is 22.3 Å². The second-order valence-electron chi connectivity index (χ2n) is 9.24. The van der Waals surface area contributed by atoms with Gasteiger partial charge in [-0.25, -0.2) is 0 Å². The van der Waals surface area contributed by atoms with Crippen LogP contribution in [0.2, 0.25) is 0 Å². The van der Waals surface area contributed by atoms with Gasteiger partial charge >= 0.3 is 6.18 Å². The Balaban J connectivity index is 1.48. The van der Waals surface area contributed by atoms with Crippen molar-refractivity contribution < 1.29 is 27.8 Å². The van der Waals surface area contributed by atoms with E-state index in [-0.39, 0.29) is 25.0 Å². The summed E-state index contributed by atoms with van der Waals surface area (Å²) < 4.78 is 44.9. The molecule has 1 saturated carbocycles. The van der Waals surface area contributed by atoms with Gasteiger partial charge in [0.05, 0.1) is 23.6 Å². The third-order valence-corrected chi connectivity index (χ3v) is 7.30. The standard InChI is InChI=1S/C23H31F3N2O3/c1-2-22(8-5-18(12-22)27-17-6-9-31-10-7-17)21(30)28-13-15-11-16(23(24,25)26)3-4-19(15)20(29)14-28/h3-4,11,17-18,20,27,29H,2,5-10,12-14H2,1H3. The smallest absolute Gasteiger partial charge is 0.387 e. The average Bonchev–Trinajstić information content (AvgIpc) is 3.17. The fourth-order valence-corrected chi connectivity index (χ4v) is 5.44. The minimum Gasteiger partial charge on any atom is -0.387 e. The number of aliphatic hydroxyl groups excluding tert-OH is 1. The summed E-state index contributed by atoms with van der Waals surface area (Å²) in [6, 6.07) is 4.07. The molecule has 4 rings (SSSR count). The Morgan fingerprint density at radius 2 is 2.00 bits per heavy atom. The number of nitrogens with zero attached hydrogens (tertiary/aromatic N) is 1. The Kier molecular flexibility index (Phi) is 6.34. The van der Waals surface area contributed by atoms with E-state index in [0.717, 1.165) is 57.5 Å².